The van der Waals surface area contributed by atoms with E-state index in [0.29, 0.717) is 21.6 Å². The molecule has 0 unspecified atom stereocenters. The minimum absolute atomic E-state index is 0.176. The molecule has 0 saturated heterocycles. The largest absolute Gasteiger partial charge is 0.465 e. The lowest BCUT2D eigenvalue weighted by atomic mass is 10.0. The number of nitrogens with one attached hydrogen (secondary N) is 1. The number of ether oxygens (including phenoxy) is 1. The first-order valence-electron chi connectivity index (χ1n) is 9.15. The first-order valence-corrected chi connectivity index (χ1v) is 11.0. The van der Waals surface area contributed by atoms with E-state index < -0.39 is 5.97 Å². The first-order chi connectivity index (χ1) is 14.1. The third-order valence-electron chi connectivity index (χ3n) is 4.66. The summed E-state index contributed by atoms with van der Waals surface area (Å²) in [6, 6.07) is 9.55. The summed E-state index contributed by atoms with van der Waals surface area (Å²) in [5, 5.41) is 14.3. The predicted octanol–water partition coefficient (Wildman–Crippen LogP) is 3.94. The van der Waals surface area contributed by atoms with Gasteiger partial charge in [-0.15, -0.1) is 21.5 Å². The van der Waals surface area contributed by atoms with Gasteiger partial charge in [0.25, 0.3) is 0 Å². The first kappa shape index (κ1) is 19.7. The lowest BCUT2D eigenvalue weighted by molar-refractivity contribution is -0.113. The molecular weight excluding hydrogens is 408 g/mol. The Labute approximate surface area is 176 Å². The summed E-state index contributed by atoms with van der Waals surface area (Å²) >= 11 is 2.64. The second-order valence-corrected chi connectivity index (χ2v) is 8.54. The van der Waals surface area contributed by atoms with E-state index in [1.54, 1.807) is 0 Å². The van der Waals surface area contributed by atoms with Crippen LogP contribution in [0.25, 0.3) is 11.1 Å². The van der Waals surface area contributed by atoms with Crippen LogP contribution >= 0.6 is 23.1 Å². The van der Waals surface area contributed by atoms with Gasteiger partial charge in [0, 0.05) is 23.9 Å². The summed E-state index contributed by atoms with van der Waals surface area (Å²) in [6.07, 6.45) is 2.30. The van der Waals surface area contributed by atoms with Crippen LogP contribution in [0.2, 0.25) is 0 Å². The summed E-state index contributed by atoms with van der Waals surface area (Å²) in [5.41, 5.74) is 2.01. The van der Waals surface area contributed by atoms with E-state index in [1.807, 2.05) is 47.3 Å². The lowest BCUT2D eigenvalue weighted by Gasteiger charge is -2.08. The van der Waals surface area contributed by atoms with Gasteiger partial charge in [-0.3, -0.25) is 4.79 Å². The Kier molecular flexibility index (Phi) is 5.68. The van der Waals surface area contributed by atoms with Gasteiger partial charge < -0.3 is 14.6 Å². The fraction of sp³-hybridized carbons (Fsp3) is 0.300. The van der Waals surface area contributed by atoms with Crippen LogP contribution in [0.4, 0.5) is 5.00 Å². The van der Waals surface area contributed by atoms with Crippen molar-refractivity contribution < 1.29 is 14.3 Å². The molecule has 7 nitrogen and oxygen atoms in total. The number of hydrogen-bond acceptors (Lipinski definition) is 7. The van der Waals surface area contributed by atoms with Gasteiger partial charge in [-0.2, -0.15) is 0 Å². The number of esters is 1. The van der Waals surface area contributed by atoms with E-state index in [-0.39, 0.29) is 11.7 Å². The highest BCUT2D eigenvalue weighted by Crippen LogP contribution is 2.39. The SMILES string of the molecule is COC(=O)c1c(-c2ccccc2)csc1NC(=O)CSc1nnc(C2CC2)n1C. The highest BCUT2D eigenvalue weighted by atomic mass is 32.2. The quantitative estimate of drug-likeness (QED) is 0.453. The van der Waals surface area contributed by atoms with Crippen LogP contribution in [-0.4, -0.2) is 39.5 Å². The molecule has 2 heterocycles. The van der Waals surface area contributed by atoms with Crippen molar-refractivity contribution in [3.05, 3.63) is 47.1 Å². The smallest absolute Gasteiger partial charge is 0.341 e. The number of thiophene rings is 1. The van der Waals surface area contributed by atoms with Crippen molar-refractivity contribution in [2.45, 2.75) is 23.9 Å². The Morgan fingerprint density at radius 3 is 2.72 bits per heavy atom. The molecule has 1 fully saturated rings. The molecule has 9 heteroatoms. The molecule has 2 aromatic heterocycles. The molecule has 1 aromatic carbocycles. The van der Waals surface area contributed by atoms with E-state index in [1.165, 1.54) is 30.2 Å². The number of nitrogens with zero attached hydrogens (tertiary/aromatic N) is 3. The Morgan fingerprint density at radius 1 is 1.28 bits per heavy atom. The zero-order valence-electron chi connectivity index (χ0n) is 16.0. The third-order valence-corrected chi connectivity index (χ3v) is 6.58. The molecule has 0 atom stereocenters. The van der Waals surface area contributed by atoms with Gasteiger partial charge in [0.2, 0.25) is 5.91 Å². The summed E-state index contributed by atoms with van der Waals surface area (Å²) in [4.78, 5) is 24.9. The topological polar surface area (TPSA) is 86.1 Å². The number of aromatic nitrogens is 3. The van der Waals surface area contributed by atoms with Gasteiger partial charge in [-0.05, 0) is 18.4 Å². The van der Waals surface area contributed by atoms with E-state index in [0.717, 1.165) is 29.8 Å². The fourth-order valence-corrected chi connectivity index (χ4v) is 4.72. The van der Waals surface area contributed by atoms with Crippen molar-refractivity contribution in [1.82, 2.24) is 14.8 Å². The number of carbonyl (C=O) groups is 2. The number of benzene rings is 1. The Hall–Kier alpha value is -2.65. The maximum absolute atomic E-state index is 12.5. The summed E-state index contributed by atoms with van der Waals surface area (Å²) in [7, 11) is 3.26. The van der Waals surface area contributed by atoms with Crippen molar-refractivity contribution in [2.75, 3.05) is 18.2 Å². The molecule has 0 spiro atoms. The molecule has 1 aliphatic carbocycles. The van der Waals surface area contributed by atoms with Crippen LogP contribution in [0.3, 0.4) is 0 Å². The molecule has 150 valence electrons. The summed E-state index contributed by atoms with van der Waals surface area (Å²) < 4.78 is 6.90. The summed E-state index contributed by atoms with van der Waals surface area (Å²) in [6.45, 7) is 0. The minimum Gasteiger partial charge on any atom is -0.465 e. The Bertz CT molecular complexity index is 1040. The number of thioether (sulfide) groups is 1. The van der Waals surface area contributed by atoms with Crippen LogP contribution in [0, 0.1) is 0 Å². The highest BCUT2D eigenvalue weighted by Gasteiger charge is 2.29. The lowest BCUT2D eigenvalue weighted by Crippen LogP contribution is -2.16. The second kappa shape index (κ2) is 8.38. The van der Waals surface area contributed by atoms with Crippen molar-refractivity contribution in [3.63, 3.8) is 0 Å². The Morgan fingerprint density at radius 2 is 2.03 bits per heavy atom. The van der Waals surface area contributed by atoms with Gasteiger partial charge in [-0.1, -0.05) is 42.1 Å². The average molecular weight is 429 g/mol. The predicted molar refractivity (Wildman–Crippen MR) is 113 cm³/mol. The highest BCUT2D eigenvalue weighted by molar-refractivity contribution is 7.99. The van der Waals surface area contributed by atoms with Crippen LogP contribution in [-0.2, 0) is 16.6 Å². The van der Waals surface area contributed by atoms with Crippen molar-refractivity contribution >= 4 is 40.0 Å². The number of rotatable bonds is 7. The molecule has 3 aromatic rings. The fourth-order valence-electron chi connectivity index (χ4n) is 3.03. The standard InChI is InChI=1S/C20H20N4O3S2/c1-24-17(13-8-9-13)22-23-20(24)29-11-15(25)21-18-16(19(26)27-2)14(10-28-18)12-6-4-3-5-7-12/h3-7,10,13H,8-9,11H2,1-2H3,(H,21,25). The monoisotopic (exact) mass is 428 g/mol. The number of methoxy groups -OCH3 is 1. The third kappa shape index (κ3) is 4.20. The number of amides is 1. The second-order valence-electron chi connectivity index (χ2n) is 6.72. The van der Waals surface area contributed by atoms with Crippen molar-refractivity contribution in [1.29, 1.82) is 0 Å². The number of carbonyl (C=O) groups excluding carboxylic acids is 2. The molecule has 1 amide bonds. The zero-order chi connectivity index (χ0) is 20.4. The number of hydrogen-bond donors (Lipinski definition) is 1. The molecule has 0 radical (unpaired) electrons. The molecule has 1 saturated carbocycles. The minimum atomic E-state index is -0.476. The van der Waals surface area contributed by atoms with Gasteiger partial charge in [0.1, 0.15) is 16.4 Å². The average Bonchev–Trinajstić information content (AvgIpc) is 3.39. The molecule has 29 heavy (non-hydrogen) atoms. The van der Waals surface area contributed by atoms with Crippen LogP contribution in [0.1, 0.15) is 34.9 Å². The zero-order valence-corrected chi connectivity index (χ0v) is 17.7. The van der Waals surface area contributed by atoms with E-state index in [2.05, 4.69) is 15.5 Å². The molecule has 4 rings (SSSR count). The molecule has 0 bridgehead atoms. The van der Waals surface area contributed by atoms with Gasteiger partial charge in [0.05, 0.1) is 12.9 Å². The molecule has 0 aliphatic heterocycles. The van der Waals surface area contributed by atoms with Crippen LogP contribution < -0.4 is 5.32 Å². The summed E-state index contributed by atoms with van der Waals surface area (Å²) in [5.74, 6) is 0.969. The van der Waals surface area contributed by atoms with Crippen molar-refractivity contribution in [3.8, 4) is 11.1 Å². The van der Waals surface area contributed by atoms with Crippen LogP contribution in [0.5, 0.6) is 0 Å². The van der Waals surface area contributed by atoms with Gasteiger partial charge in [0.15, 0.2) is 5.16 Å². The number of anilines is 1. The maximum Gasteiger partial charge on any atom is 0.341 e. The van der Waals surface area contributed by atoms with E-state index >= 15 is 0 Å². The van der Waals surface area contributed by atoms with Gasteiger partial charge >= 0.3 is 5.97 Å². The molecular formula is C20H20N4O3S2. The van der Waals surface area contributed by atoms with E-state index in [4.69, 9.17) is 4.74 Å². The van der Waals surface area contributed by atoms with Gasteiger partial charge in [-0.25, -0.2) is 4.79 Å². The van der Waals surface area contributed by atoms with E-state index in [9.17, 15) is 9.59 Å². The Balaban J connectivity index is 1.48. The molecule has 1 aliphatic rings. The maximum atomic E-state index is 12.5. The normalized spacial score (nSPS) is 13.3. The van der Waals surface area contributed by atoms with Crippen molar-refractivity contribution in [2.24, 2.45) is 7.05 Å². The molecule has 1 N–H and O–H groups in total. The van der Waals surface area contributed by atoms with Crippen LogP contribution in [0.15, 0.2) is 40.9 Å².